The first-order chi connectivity index (χ1) is 12.8. The lowest BCUT2D eigenvalue weighted by atomic mass is 10.0. The number of fused-ring (bicyclic) bond motifs is 1. The highest BCUT2D eigenvalue weighted by Gasteiger charge is 2.40. The molecule has 5 heterocycles. The third kappa shape index (κ3) is 3.21. The number of likely N-dealkylation sites (tertiary alicyclic amines) is 2. The van der Waals surface area contributed by atoms with Crippen LogP contribution in [-0.4, -0.2) is 81.9 Å². The quantitative estimate of drug-likeness (QED) is 0.803. The summed E-state index contributed by atoms with van der Waals surface area (Å²) in [5.74, 6) is 3.42. The molecule has 7 nitrogen and oxygen atoms in total. The van der Waals surface area contributed by atoms with E-state index >= 15 is 0 Å². The van der Waals surface area contributed by atoms with Crippen LogP contribution in [0, 0.1) is 11.8 Å². The molecule has 0 amide bonds. The number of rotatable bonds is 5. The van der Waals surface area contributed by atoms with Crippen molar-refractivity contribution in [1.82, 2.24) is 29.5 Å². The first-order valence-corrected chi connectivity index (χ1v) is 9.87. The van der Waals surface area contributed by atoms with Crippen LogP contribution in [-0.2, 0) is 0 Å². The van der Waals surface area contributed by atoms with Gasteiger partial charge in [-0.1, -0.05) is 0 Å². The predicted molar refractivity (Wildman–Crippen MR) is 100 cm³/mol. The molecule has 2 atom stereocenters. The molecule has 0 bridgehead atoms. The number of hydrogen-bond donors (Lipinski definition) is 0. The van der Waals surface area contributed by atoms with Gasteiger partial charge in [0.15, 0.2) is 5.82 Å². The van der Waals surface area contributed by atoms with E-state index in [1.165, 1.54) is 52.1 Å². The average Bonchev–Trinajstić information content (AvgIpc) is 3.44. The van der Waals surface area contributed by atoms with E-state index in [-0.39, 0.29) is 0 Å². The van der Waals surface area contributed by atoms with Crippen LogP contribution >= 0.6 is 0 Å². The highest BCUT2D eigenvalue weighted by Crippen LogP contribution is 2.33. The Kier molecular flexibility index (Phi) is 4.34. The smallest absolute Gasteiger partial charge is 0.158 e. The molecule has 3 saturated heterocycles. The molecule has 0 N–H and O–H groups in total. The Morgan fingerprint density at radius 1 is 0.885 bits per heavy atom. The maximum absolute atomic E-state index is 4.52. The van der Waals surface area contributed by atoms with Crippen LogP contribution in [0.2, 0.25) is 0 Å². The lowest BCUT2D eigenvalue weighted by molar-refractivity contribution is 0.248. The number of hydrogen-bond acceptors (Lipinski definition) is 6. The fourth-order valence-electron chi connectivity index (χ4n) is 4.79. The molecule has 2 aromatic rings. The van der Waals surface area contributed by atoms with Gasteiger partial charge in [-0.15, -0.1) is 0 Å². The summed E-state index contributed by atoms with van der Waals surface area (Å²) < 4.78 is 1.79. The van der Waals surface area contributed by atoms with Crippen molar-refractivity contribution in [2.75, 3.05) is 57.3 Å². The third-order valence-corrected chi connectivity index (χ3v) is 6.19. The Bertz CT molecular complexity index is 711. The summed E-state index contributed by atoms with van der Waals surface area (Å²) in [6.07, 6.45) is 8.13. The van der Waals surface area contributed by atoms with Gasteiger partial charge in [-0.3, -0.25) is 0 Å². The van der Waals surface area contributed by atoms with Gasteiger partial charge in [-0.2, -0.15) is 5.10 Å². The van der Waals surface area contributed by atoms with Gasteiger partial charge in [0, 0.05) is 57.7 Å². The molecule has 3 fully saturated rings. The van der Waals surface area contributed by atoms with E-state index in [9.17, 15) is 0 Å². The molecule has 3 aliphatic heterocycles. The Morgan fingerprint density at radius 2 is 1.62 bits per heavy atom. The second-order valence-corrected chi connectivity index (χ2v) is 7.92. The zero-order valence-corrected chi connectivity index (χ0v) is 15.2. The zero-order chi connectivity index (χ0) is 17.3. The average molecular weight is 353 g/mol. The maximum Gasteiger partial charge on any atom is 0.158 e. The van der Waals surface area contributed by atoms with Crippen molar-refractivity contribution in [2.45, 2.75) is 12.8 Å². The van der Waals surface area contributed by atoms with Gasteiger partial charge in [0.1, 0.15) is 12.1 Å². The molecular weight excluding hydrogens is 326 g/mol. The lowest BCUT2D eigenvalue weighted by Gasteiger charge is -2.24. The van der Waals surface area contributed by atoms with Gasteiger partial charge in [0.2, 0.25) is 0 Å². The van der Waals surface area contributed by atoms with Crippen molar-refractivity contribution in [3.63, 3.8) is 0 Å². The van der Waals surface area contributed by atoms with Crippen molar-refractivity contribution in [3.8, 4) is 5.82 Å². The second-order valence-electron chi connectivity index (χ2n) is 7.92. The van der Waals surface area contributed by atoms with E-state index < -0.39 is 0 Å². The van der Waals surface area contributed by atoms with Gasteiger partial charge < -0.3 is 14.7 Å². The van der Waals surface area contributed by atoms with Crippen LogP contribution in [0.4, 0.5) is 5.82 Å². The van der Waals surface area contributed by atoms with E-state index in [0.717, 1.165) is 36.6 Å². The lowest BCUT2D eigenvalue weighted by Crippen LogP contribution is -2.35. The standard InChI is InChI=1S/C19H27N7/c1-2-6-23(5-1)8-9-24-11-16-13-25(14-17(16)12-24)18-10-19(21-15-20-18)26-7-3-4-22-26/h3-4,7,10,15-17H,1-2,5-6,8-9,11-14H2. The summed E-state index contributed by atoms with van der Waals surface area (Å²) in [5.41, 5.74) is 0. The Morgan fingerprint density at radius 3 is 2.35 bits per heavy atom. The second kappa shape index (κ2) is 6.96. The van der Waals surface area contributed by atoms with Crippen molar-refractivity contribution in [3.05, 3.63) is 30.9 Å². The predicted octanol–water partition coefficient (Wildman–Crippen LogP) is 1.13. The van der Waals surface area contributed by atoms with E-state index in [2.05, 4.69) is 35.8 Å². The Hall–Kier alpha value is -1.99. The molecule has 7 heteroatoms. The number of aromatic nitrogens is 4. The van der Waals surface area contributed by atoms with E-state index in [4.69, 9.17) is 0 Å². The van der Waals surface area contributed by atoms with Crippen molar-refractivity contribution in [2.24, 2.45) is 11.8 Å². The van der Waals surface area contributed by atoms with Crippen molar-refractivity contribution >= 4 is 5.82 Å². The molecule has 5 rings (SSSR count). The van der Waals surface area contributed by atoms with E-state index in [1.54, 1.807) is 17.2 Å². The molecule has 0 spiro atoms. The molecule has 138 valence electrons. The Labute approximate surface area is 154 Å². The maximum atomic E-state index is 4.52. The normalized spacial score (nSPS) is 26.7. The minimum Gasteiger partial charge on any atom is -0.356 e. The number of anilines is 1. The summed E-state index contributed by atoms with van der Waals surface area (Å²) in [4.78, 5) is 16.6. The fourth-order valence-corrected chi connectivity index (χ4v) is 4.79. The van der Waals surface area contributed by atoms with Crippen LogP contribution < -0.4 is 4.90 Å². The molecule has 0 saturated carbocycles. The minimum atomic E-state index is 0.775. The molecule has 0 aliphatic carbocycles. The fraction of sp³-hybridized carbons (Fsp3) is 0.632. The highest BCUT2D eigenvalue weighted by atomic mass is 15.3. The van der Waals surface area contributed by atoms with Gasteiger partial charge >= 0.3 is 0 Å². The van der Waals surface area contributed by atoms with Crippen molar-refractivity contribution < 1.29 is 0 Å². The summed E-state index contributed by atoms with van der Waals surface area (Å²) in [5, 5.41) is 4.27. The topological polar surface area (TPSA) is 53.3 Å². The summed E-state index contributed by atoms with van der Waals surface area (Å²) in [7, 11) is 0. The highest BCUT2D eigenvalue weighted by molar-refractivity contribution is 5.44. The van der Waals surface area contributed by atoms with Gasteiger partial charge in [-0.25, -0.2) is 14.6 Å². The van der Waals surface area contributed by atoms with Gasteiger partial charge in [0.05, 0.1) is 0 Å². The summed E-state index contributed by atoms with van der Waals surface area (Å²) in [6.45, 7) is 9.81. The third-order valence-electron chi connectivity index (χ3n) is 6.19. The Balaban J connectivity index is 1.18. The van der Waals surface area contributed by atoms with Gasteiger partial charge in [-0.05, 0) is 43.8 Å². The zero-order valence-electron chi connectivity index (χ0n) is 15.2. The van der Waals surface area contributed by atoms with Crippen LogP contribution in [0.1, 0.15) is 12.8 Å². The molecule has 26 heavy (non-hydrogen) atoms. The summed E-state index contributed by atoms with van der Waals surface area (Å²) in [6, 6.07) is 3.97. The van der Waals surface area contributed by atoms with Crippen LogP contribution in [0.3, 0.4) is 0 Å². The van der Waals surface area contributed by atoms with E-state index in [0.29, 0.717) is 0 Å². The molecule has 2 aromatic heterocycles. The number of nitrogens with zero attached hydrogens (tertiary/aromatic N) is 7. The van der Waals surface area contributed by atoms with E-state index in [1.807, 2.05) is 12.3 Å². The first-order valence-electron chi connectivity index (χ1n) is 9.87. The molecule has 0 radical (unpaired) electrons. The van der Waals surface area contributed by atoms with Gasteiger partial charge in [0.25, 0.3) is 0 Å². The minimum absolute atomic E-state index is 0.775. The van der Waals surface area contributed by atoms with Crippen LogP contribution in [0.25, 0.3) is 5.82 Å². The molecular formula is C19H27N7. The summed E-state index contributed by atoms with van der Waals surface area (Å²) >= 11 is 0. The largest absolute Gasteiger partial charge is 0.356 e. The molecule has 3 aliphatic rings. The monoisotopic (exact) mass is 353 g/mol. The molecule has 2 unspecified atom stereocenters. The van der Waals surface area contributed by atoms with Crippen molar-refractivity contribution in [1.29, 1.82) is 0 Å². The SMILES string of the molecule is c1cnn(-c2cc(N3CC4CN(CCN5CCCC5)CC4C3)ncn2)c1. The van der Waals surface area contributed by atoms with Crippen LogP contribution in [0.5, 0.6) is 0 Å². The first kappa shape index (κ1) is 16.2. The van der Waals surface area contributed by atoms with Crippen LogP contribution in [0.15, 0.2) is 30.9 Å². The molecule has 0 aromatic carbocycles.